The number of rotatable bonds is 3. The van der Waals surface area contributed by atoms with E-state index in [4.69, 9.17) is 16.3 Å². The second-order valence-electron chi connectivity index (χ2n) is 7.66. The molecule has 8 heteroatoms. The molecule has 0 N–H and O–H groups in total. The van der Waals surface area contributed by atoms with Crippen LogP contribution < -0.4 is 9.64 Å². The number of hydrogen-bond acceptors (Lipinski definition) is 5. The van der Waals surface area contributed by atoms with Gasteiger partial charge >= 0.3 is 0 Å². The average Bonchev–Trinajstić information content (AvgIpc) is 2.73. The lowest BCUT2D eigenvalue weighted by Gasteiger charge is -2.33. The second kappa shape index (κ2) is 7.96. The lowest BCUT2D eigenvalue weighted by atomic mass is 9.99. The number of methoxy groups -OCH3 is 1. The minimum atomic E-state index is -3.98. The van der Waals surface area contributed by atoms with Crippen molar-refractivity contribution in [2.75, 3.05) is 25.1 Å². The van der Waals surface area contributed by atoms with Gasteiger partial charge in [0.25, 0.3) is 5.91 Å². The van der Waals surface area contributed by atoms with E-state index in [1.165, 1.54) is 18.3 Å². The molecule has 2 aliphatic rings. The molecule has 0 atom stereocenters. The van der Waals surface area contributed by atoms with E-state index in [0.29, 0.717) is 41.2 Å². The number of benzene rings is 2. The SMILES string of the molecule is COc1cccc(N2C=C(C(=O)N3CCC(C)CC3)S(=O)(=O)c3ccc(Cl)cc32)c1. The number of amides is 1. The molecule has 1 fully saturated rings. The van der Waals surface area contributed by atoms with Gasteiger partial charge in [0, 0.05) is 36.1 Å². The Bertz CT molecular complexity index is 1120. The Kier molecular flexibility index (Phi) is 5.51. The normalized spacial score (nSPS) is 18.6. The van der Waals surface area contributed by atoms with Gasteiger partial charge in [0.05, 0.1) is 17.7 Å². The molecule has 0 aliphatic carbocycles. The summed E-state index contributed by atoms with van der Waals surface area (Å²) in [5, 5.41) is 0.407. The molecule has 30 heavy (non-hydrogen) atoms. The average molecular weight is 447 g/mol. The predicted octanol–water partition coefficient (Wildman–Crippen LogP) is 4.37. The molecule has 0 aromatic heterocycles. The maximum absolute atomic E-state index is 13.4. The molecule has 6 nitrogen and oxygen atoms in total. The molecule has 0 bridgehead atoms. The number of anilines is 2. The second-order valence-corrected chi connectivity index (χ2v) is 9.98. The number of sulfone groups is 1. The summed E-state index contributed by atoms with van der Waals surface area (Å²) in [4.78, 5) is 16.4. The molecule has 1 saturated heterocycles. The zero-order chi connectivity index (χ0) is 21.5. The Labute approximate surface area is 181 Å². The topological polar surface area (TPSA) is 66.9 Å². The van der Waals surface area contributed by atoms with Crippen LogP contribution in [-0.4, -0.2) is 39.4 Å². The van der Waals surface area contributed by atoms with E-state index in [1.807, 2.05) is 12.1 Å². The van der Waals surface area contributed by atoms with Gasteiger partial charge in [0.15, 0.2) is 4.91 Å². The quantitative estimate of drug-likeness (QED) is 0.700. The van der Waals surface area contributed by atoms with Crippen LogP contribution in [0.5, 0.6) is 5.75 Å². The van der Waals surface area contributed by atoms with Gasteiger partial charge in [-0.25, -0.2) is 8.42 Å². The fourth-order valence-electron chi connectivity index (χ4n) is 3.79. The standard InChI is InChI=1S/C22H23ClN2O4S/c1-15-8-10-24(11-9-15)22(26)21-14-25(17-4-3-5-18(13-17)29-2)19-12-16(23)6-7-20(19)30(21,27)28/h3-7,12-15H,8-11H2,1-2H3. The molecule has 2 aliphatic heterocycles. The van der Waals surface area contributed by atoms with Crippen LogP contribution in [0, 0.1) is 5.92 Å². The van der Waals surface area contributed by atoms with Crippen LogP contribution in [0.4, 0.5) is 11.4 Å². The number of halogens is 1. The molecule has 4 rings (SSSR count). The smallest absolute Gasteiger partial charge is 0.267 e. The van der Waals surface area contributed by atoms with Crippen molar-refractivity contribution in [3.8, 4) is 5.75 Å². The van der Waals surface area contributed by atoms with Gasteiger partial charge in [0.2, 0.25) is 9.84 Å². The Hall–Kier alpha value is -2.51. The molecular weight excluding hydrogens is 424 g/mol. The number of ether oxygens (including phenoxy) is 1. The first kappa shape index (κ1) is 20.8. The van der Waals surface area contributed by atoms with E-state index in [0.717, 1.165) is 12.8 Å². The number of nitrogens with zero attached hydrogens (tertiary/aromatic N) is 2. The molecule has 0 spiro atoms. The van der Waals surface area contributed by atoms with Crippen LogP contribution in [0.1, 0.15) is 19.8 Å². The zero-order valence-electron chi connectivity index (χ0n) is 16.8. The lowest BCUT2D eigenvalue weighted by molar-refractivity contribution is -0.127. The predicted molar refractivity (Wildman–Crippen MR) is 117 cm³/mol. The molecule has 1 amide bonds. The molecular formula is C22H23ClN2O4S. The fourth-order valence-corrected chi connectivity index (χ4v) is 5.48. The monoisotopic (exact) mass is 446 g/mol. The lowest BCUT2D eigenvalue weighted by Crippen LogP contribution is -2.41. The first-order valence-electron chi connectivity index (χ1n) is 9.80. The summed E-state index contributed by atoms with van der Waals surface area (Å²) < 4.78 is 32.0. The number of piperidine rings is 1. The number of carbonyl (C=O) groups is 1. The highest BCUT2D eigenvalue weighted by atomic mass is 35.5. The highest BCUT2D eigenvalue weighted by molar-refractivity contribution is 7.96. The number of hydrogen-bond donors (Lipinski definition) is 0. The van der Waals surface area contributed by atoms with Crippen molar-refractivity contribution in [2.24, 2.45) is 5.92 Å². The number of carbonyl (C=O) groups excluding carboxylic acids is 1. The Morgan fingerprint density at radius 3 is 2.57 bits per heavy atom. The summed E-state index contributed by atoms with van der Waals surface area (Å²) in [7, 11) is -2.42. The van der Waals surface area contributed by atoms with Crippen LogP contribution in [-0.2, 0) is 14.6 Å². The molecule has 0 saturated carbocycles. The Morgan fingerprint density at radius 1 is 1.13 bits per heavy atom. The van der Waals surface area contributed by atoms with E-state index in [9.17, 15) is 13.2 Å². The fraction of sp³-hybridized carbons (Fsp3) is 0.318. The van der Waals surface area contributed by atoms with Crippen LogP contribution in [0.25, 0.3) is 0 Å². The van der Waals surface area contributed by atoms with E-state index >= 15 is 0 Å². The van der Waals surface area contributed by atoms with E-state index in [-0.39, 0.29) is 9.80 Å². The summed E-state index contributed by atoms with van der Waals surface area (Å²) in [6.07, 6.45) is 3.14. The van der Waals surface area contributed by atoms with Crippen molar-refractivity contribution in [3.63, 3.8) is 0 Å². The molecule has 158 valence electrons. The summed E-state index contributed by atoms with van der Waals surface area (Å²) in [6, 6.07) is 11.8. The largest absolute Gasteiger partial charge is 0.497 e. The summed E-state index contributed by atoms with van der Waals surface area (Å²) >= 11 is 6.17. The molecule has 2 aromatic rings. The van der Waals surface area contributed by atoms with Crippen molar-refractivity contribution in [2.45, 2.75) is 24.7 Å². The van der Waals surface area contributed by atoms with Gasteiger partial charge in [-0.05, 0) is 49.1 Å². The third-order valence-corrected chi connectivity index (χ3v) is 7.64. The maximum Gasteiger partial charge on any atom is 0.267 e. The van der Waals surface area contributed by atoms with Gasteiger partial charge < -0.3 is 14.5 Å². The van der Waals surface area contributed by atoms with Crippen molar-refractivity contribution < 1.29 is 17.9 Å². The van der Waals surface area contributed by atoms with E-state index in [1.54, 1.807) is 35.1 Å². The third kappa shape index (κ3) is 3.68. The van der Waals surface area contributed by atoms with Gasteiger partial charge in [-0.3, -0.25) is 4.79 Å². The van der Waals surface area contributed by atoms with Crippen molar-refractivity contribution >= 4 is 38.7 Å². The van der Waals surface area contributed by atoms with Crippen LogP contribution in [0.15, 0.2) is 58.5 Å². The number of likely N-dealkylation sites (tertiary alicyclic amines) is 1. The van der Waals surface area contributed by atoms with Crippen LogP contribution >= 0.6 is 11.6 Å². The Balaban J connectivity index is 1.84. The van der Waals surface area contributed by atoms with E-state index < -0.39 is 15.7 Å². The van der Waals surface area contributed by atoms with Gasteiger partial charge in [0.1, 0.15) is 5.75 Å². The third-order valence-electron chi connectivity index (χ3n) is 5.62. The van der Waals surface area contributed by atoms with Gasteiger partial charge in [-0.2, -0.15) is 0 Å². The first-order valence-corrected chi connectivity index (χ1v) is 11.7. The highest BCUT2D eigenvalue weighted by Crippen LogP contribution is 2.42. The first-order chi connectivity index (χ1) is 14.3. The van der Waals surface area contributed by atoms with E-state index in [2.05, 4.69) is 6.92 Å². The zero-order valence-corrected chi connectivity index (χ0v) is 18.4. The van der Waals surface area contributed by atoms with Crippen molar-refractivity contribution in [1.82, 2.24) is 4.90 Å². The summed E-state index contributed by atoms with van der Waals surface area (Å²) in [5.41, 5.74) is 1.07. The Morgan fingerprint density at radius 2 is 1.87 bits per heavy atom. The number of fused-ring (bicyclic) bond motifs is 1. The molecule has 0 radical (unpaired) electrons. The summed E-state index contributed by atoms with van der Waals surface area (Å²) in [5.74, 6) is 0.688. The van der Waals surface area contributed by atoms with Crippen LogP contribution in [0.2, 0.25) is 5.02 Å². The molecule has 2 heterocycles. The molecule has 0 unspecified atom stereocenters. The maximum atomic E-state index is 13.4. The van der Waals surface area contributed by atoms with Crippen molar-refractivity contribution in [3.05, 3.63) is 58.6 Å². The highest BCUT2D eigenvalue weighted by Gasteiger charge is 2.38. The molecule has 2 aromatic carbocycles. The van der Waals surface area contributed by atoms with Crippen LogP contribution in [0.3, 0.4) is 0 Å². The summed E-state index contributed by atoms with van der Waals surface area (Å²) in [6.45, 7) is 3.25. The van der Waals surface area contributed by atoms with Gasteiger partial charge in [-0.1, -0.05) is 24.6 Å². The minimum Gasteiger partial charge on any atom is -0.497 e. The minimum absolute atomic E-state index is 0.0611. The van der Waals surface area contributed by atoms with Gasteiger partial charge in [-0.15, -0.1) is 0 Å². The van der Waals surface area contributed by atoms with Crippen molar-refractivity contribution in [1.29, 1.82) is 0 Å².